The van der Waals surface area contributed by atoms with Crippen LogP contribution < -0.4 is 0 Å². The van der Waals surface area contributed by atoms with Crippen LogP contribution in [0, 0.1) is 0 Å². The Labute approximate surface area is 103 Å². The van der Waals surface area contributed by atoms with Gasteiger partial charge in [0.15, 0.2) is 0 Å². The Morgan fingerprint density at radius 1 is 1.39 bits per heavy atom. The summed E-state index contributed by atoms with van der Waals surface area (Å²) in [4.78, 5) is 23.7. The number of carbonyl (C=O) groups is 2. The monoisotopic (exact) mass is 264 g/mol. The summed E-state index contributed by atoms with van der Waals surface area (Å²) >= 11 is 0. The first-order valence-electron chi connectivity index (χ1n) is 5.45. The third kappa shape index (κ3) is 3.78. The highest BCUT2D eigenvalue weighted by molar-refractivity contribution is 6.67. The summed E-state index contributed by atoms with van der Waals surface area (Å²) in [5, 5.41) is 0. The average Bonchev–Trinajstić information content (AvgIpc) is 2.12. The van der Waals surface area contributed by atoms with Gasteiger partial charge in [-0.25, -0.2) is 9.69 Å². The van der Waals surface area contributed by atoms with E-state index in [1.807, 2.05) is 0 Å². The van der Waals surface area contributed by atoms with Crippen molar-refractivity contribution in [2.75, 3.05) is 6.54 Å². The zero-order valence-electron chi connectivity index (χ0n) is 10.4. The van der Waals surface area contributed by atoms with Crippen LogP contribution in [0.4, 0.5) is 17.7 Å². The van der Waals surface area contributed by atoms with Crippen LogP contribution in [0.1, 0.15) is 27.2 Å². The minimum Gasteiger partial charge on any atom is -0.445 e. The zero-order valence-corrected chi connectivity index (χ0v) is 10.4. The Morgan fingerprint density at radius 3 is 2.33 bits per heavy atom. The molecule has 0 aromatic heterocycles. The molecule has 0 N–H and O–H groups in total. The summed E-state index contributed by atoms with van der Waals surface area (Å²) in [6.45, 7) is -0.642. The van der Waals surface area contributed by atoms with E-state index in [4.69, 9.17) is 4.74 Å². The summed E-state index contributed by atoms with van der Waals surface area (Å²) in [6.07, 6.45) is -0.834. The standard InChI is InChI=1S/C10H14BF3NO3/c1-10(2,3)18-9(17)15-5-4-7(6-8(15)16)11(12,13)14/h6H,4-5H2,1-3H3/q-1. The third-order valence-electron chi connectivity index (χ3n) is 2.23. The lowest BCUT2D eigenvalue weighted by molar-refractivity contribution is -0.125. The van der Waals surface area contributed by atoms with Gasteiger partial charge in [0, 0.05) is 6.54 Å². The molecule has 0 aromatic carbocycles. The quantitative estimate of drug-likeness (QED) is 0.683. The molecule has 1 rings (SSSR count). The largest absolute Gasteiger partial charge is 0.505 e. The normalized spacial score (nSPS) is 17.6. The molecular weight excluding hydrogens is 250 g/mol. The van der Waals surface area contributed by atoms with Crippen LogP contribution >= 0.6 is 0 Å². The summed E-state index contributed by atoms with van der Waals surface area (Å²) < 4.78 is 42.2. The van der Waals surface area contributed by atoms with Crippen molar-refractivity contribution in [3.05, 3.63) is 11.5 Å². The number of carbonyl (C=O) groups excluding carboxylic acids is 2. The van der Waals surface area contributed by atoms with E-state index in [1.54, 1.807) is 20.8 Å². The van der Waals surface area contributed by atoms with Crippen LogP contribution in [0.5, 0.6) is 0 Å². The van der Waals surface area contributed by atoms with Crippen LogP contribution in [-0.2, 0) is 9.53 Å². The van der Waals surface area contributed by atoms with Crippen LogP contribution in [0.15, 0.2) is 11.5 Å². The molecule has 18 heavy (non-hydrogen) atoms. The second kappa shape index (κ2) is 4.66. The Kier molecular flexibility index (Phi) is 3.78. The smallest absolute Gasteiger partial charge is 0.445 e. The summed E-state index contributed by atoms with van der Waals surface area (Å²) in [7, 11) is 0. The molecule has 0 aromatic rings. The molecule has 1 aliphatic rings. The predicted octanol–water partition coefficient (Wildman–Crippen LogP) is 2.47. The summed E-state index contributed by atoms with van der Waals surface area (Å²) in [5.41, 5.74) is -1.66. The van der Waals surface area contributed by atoms with Gasteiger partial charge >= 0.3 is 13.1 Å². The molecule has 0 aliphatic carbocycles. The van der Waals surface area contributed by atoms with Crippen LogP contribution in [0.25, 0.3) is 0 Å². The lowest BCUT2D eigenvalue weighted by Crippen LogP contribution is -2.44. The van der Waals surface area contributed by atoms with Crippen LogP contribution in [0.3, 0.4) is 0 Å². The van der Waals surface area contributed by atoms with Crippen LogP contribution in [0.2, 0.25) is 0 Å². The van der Waals surface area contributed by atoms with E-state index in [-0.39, 0.29) is 13.0 Å². The Morgan fingerprint density at radius 2 is 1.94 bits per heavy atom. The highest BCUT2D eigenvalue weighted by Crippen LogP contribution is 2.26. The molecule has 0 saturated heterocycles. The van der Waals surface area contributed by atoms with Gasteiger partial charge in [0.05, 0.1) is 0 Å². The van der Waals surface area contributed by atoms with E-state index in [9.17, 15) is 22.5 Å². The average molecular weight is 264 g/mol. The summed E-state index contributed by atoms with van der Waals surface area (Å²) in [6, 6.07) is 0. The number of halogens is 3. The molecule has 0 radical (unpaired) electrons. The molecule has 0 atom stereocenters. The molecule has 4 nitrogen and oxygen atoms in total. The molecule has 1 heterocycles. The van der Waals surface area contributed by atoms with E-state index in [2.05, 4.69) is 0 Å². The van der Waals surface area contributed by atoms with E-state index in [0.29, 0.717) is 11.0 Å². The zero-order chi connectivity index (χ0) is 14.1. The molecule has 8 heteroatoms. The maximum atomic E-state index is 12.4. The number of rotatable bonds is 1. The topological polar surface area (TPSA) is 46.6 Å². The number of amides is 2. The van der Waals surface area contributed by atoms with Gasteiger partial charge in [0.1, 0.15) is 5.60 Å². The first kappa shape index (κ1) is 14.6. The van der Waals surface area contributed by atoms with Crippen molar-refractivity contribution in [2.45, 2.75) is 32.8 Å². The number of nitrogens with zero attached hydrogens (tertiary/aromatic N) is 1. The van der Waals surface area contributed by atoms with Gasteiger partial charge in [0.2, 0.25) is 0 Å². The lowest BCUT2D eigenvalue weighted by Gasteiger charge is -2.30. The molecule has 0 saturated carbocycles. The Hall–Kier alpha value is -1.47. The predicted molar refractivity (Wildman–Crippen MR) is 59.7 cm³/mol. The van der Waals surface area contributed by atoms with Crippen molar-refractivity contribution in [2.24, 2.45) is 0 Å². The molecule has 0 bridgehead atoms. The van der Waals surface area contributed by atoms with Crippen molar-refractivity contribution in [3.8, 4) is 0 Å². The second-order valence-electron chi connectivity index (χ2n) is 5.01. The van der Waals surface area contributed by atoms with Gasteiger partial charge in [-0.2, -0.15) is 0 Å². The fourth-order valence-electron chi connectivity index (χ4n) is 1.42. The first-order chi connectivity index (χ1) is 8.00. The minimum absolute atomic E-state index is 0.305. The molecule has 2 amide bonds. The van der Waals surface area contributed by atoms with Gasteiger partial charge in [-0.05, 0) is 33.3 Å². The minimum atomic E-state index is -5.17. The fourth-order valence-corrected chi connectivity index (χ4v) is 1.42. The van der Waals surface area contributed by atoms with E-state index in [0.717, 1.165) is 0 Å². The van der Waals surface area contributed by atoms with E-state index >= 15 is 0 Å². The molecule has 0 unspecified atom stereocenters. The van der Waals surface area contributed by atoms with E-state index in [1.165, 1.54) is 0 Å². The van der Waals surface area contributed by atoms with E-state index < -0.39 is 30.1 Å². The molecule has 1 aliphatic heterocycles. The number of imide groups is 1. The van der Waals surface area contributed by atoms with Crippen LogP contribution in [-0.4, -0.2) is 36.0 Å². The third-order valence-corrected chi connectivity index (χ3v) is 2.23. The number of hydrogen-bond donors (Lipinski definition) is 0. The second-order valence-corrected chi connectivity index (χ2v) is 5.01. The molecule has 0 spiro atoms. The van der Waals surface area contributed by atoms with Crippen molar-refractivity contribution in [1.29, 1.82) is 0 Å². The fraction of sp³-hybridized carbons (Fsp3) is 0.600. The maximum absolute atomic E-state index is 12.4. The number of hydrogen-bond acceptors (Lipinski definition) is 3. The van der Waals surface area contributed by atoms with Gasteiger partial charge in [-0.3, -0.25) is 4.79 Å². The first-order valence-corrected chi connectivity index (χ1v) is 5.45. The van der Waals surface area contributed by atoms with Crippen molar-refractivity contribution < 1.29 is 27.3 Å². The van der Waals surface area contributed by atoms with Gasteiger partial charge < -0.3 is 17.7 Å². The van der Waals surface area contributed by atoms with Crippen molar-refractivity contribution in [3.63, 3.8) is 0 Å². The molecule has 0 fully saturated rings. The SMILES string of the molecule is CC(C)(C)OC(=O)N1CCC([B-](F)(F)F)=CC1=O. The van der Waals surface area contributed by atoms with Crippen molar-refractivity contribution in [1.82, 2.24) is 4.90 Å². The highest BCUT2D eigenvalue weighted by Gasteiger charge is 2.35. The summed E-state index contributed by atoms with van der Waals surface area (Å²) in [5.74, 6) is -0.982. The Bertz CT molecular complexity index is 398. The highest BCUT2D eigenvalue weighted by atomic mass is 19.4. The Balaban J connectivity index is 2.78. The van der Waals surface area contributed by atoms with Gasteiger partial charge in [-0.15, -0.1) is 5.47 Å². The lowest BCUT2D eigenvalue weighted by atomic mass is 9.75. The van der Waals surface area contributed by atoms with Gasteiger partial charge in [0.25, 0.3) is 5.91 Å². The maximum Gasteiger partial charge on any atom is 0.505 e. The van der Waals surface area contributed by atoms with Gasteiger partial charge in [-0.1, -0.05) is 0 Å². The number of ether oxygens (including phenoxy) is 1. The molecule has 102 valence electrons. The molecular formula is C10H14BF3NO3-. The van der Waals surface area contributed by atoms with Crippen molar-refractivity contribution >= 4 is 19.0 Å².